The third-order valence-corrected chi connectivity index (χ3v) is 6.34. The molecule has 1 aliphatic rings. The first-order valence-electron chi connectivity index (χ1n) is 11.6. The lowest BCUT2D eigenvalue weighted by atomic mass is 9.49. The fourth-order valence-corrected chi connectivity index (χ4v) is 4.19. The molecule has 0 radical (unpaired) electrons. The van der Waals surface area contributed by atoms with Crippen LogP contribution in [-0.4, -0.2) is 84.0 Å². The van der Waals surface area contributed by atoms with Crippen LogP contribution >= 0.6 is 0 Å². The van der Waals surface area contributed by atoms with E-state index in [1.807, 2.05) is 46.2 Å². The van der Waals surface area contributed by atoms with Gasteiger partial charge in [-0.2, -0.15) is 10.2 Å². The molecule has 1 N–H and O–H groups in total. The van der Waals surface area contributed by atoms with Crippen LogP contribution in [0.3, 0.4) is 0 Å². The Bertz CT molecular complexity index is 1340. The molecular weight excluding hydrogens is 425 g/mol. The van der Waals surface area contributed by atoms with Gasteiger partial charge in [0.05, 0.1) is 29.5 Å². The second-order valence-corrected chi connectivity index (χ2v) is 10.0. The largest absolute Gasteiger partial charge is 0.306 e. The maximum atomic E-state index is 12.8. The first-order chi connectivity index (χ1) is 16.3. The molecule has 170 valence electrons. The summed E-state index contributed by atoms with van der Waals surface area (Å²) in [5.41, 5.74) is 3.29. The van der Waals surface area contributed by atoms with Crippen molar-refractivity contribution in [2.75, 3.05) is 25.5 Å². The maximum absolute atomic E-state index is 12.8. The third kappa shape index (κ3) is 4.63. The Hall–Kier alpha value is -3.40. The summed E-state index contributed by atoms with van der Waals surface area (Å²) in [5.74, 6) is 0.00761. The molecule has 4 aromatic rings. The van der Waals surface area contributed by atoms with E-state index < -0.39 is 0 Å². The van der Waals surface area contributed by atoms with Crippen LogP contribution in [0.5, 0.6) is 0 Å². The Morgan fingerprint density at radius 3 is 2.59 bits per heavy atom. The molecule has 1 aliphatic heterocycles. The molecule has 9 nitrogen and oxygen atoms in total. The van der Waals surface area contributed by atoms with Crippen LogP contribution in [0, 0.1) is 0 Å². The number of amides is 1. The summed E-state index contributed by atoms with van der Waals surface area (Å²) in [6.45, 7) is 2.08. The van der Waals surface area contributed by atoms with E-state index in [-0.39, 0.29) is 17.1 Å². The first kappa shape index (κ1) is 22.4. The number of fused-ring (bicyclic) bond motifs is 1. The van der Waals surface area contributed by atoms with Gasteiger partial charge in [0.15, 0.2) is 0 Å². The maximum Gasteiger partial charge on any atom is 0.261 e. The van der Waals surface area contributed by atoms with Gasteiger partial charge in [-0.1, -0.05) is 12.1 Å². The van der Waals surface area contributed by atoms with E-state index in [0.29, 0.717) is 11.6 Å². The number of aromatic nitrogens is 6. The topological polar surface area (TPSA) is 93.8 Å². The molecule has 1 aromatic carbocycles. The van der Waals surface area contributed by atoms with E-state index in [2.05, 4.69) is 61.0 Å². The summed E-state index contributed by atoms with van der Waals surface area (Å²) in [4.78, 5) is 24.0. The molecule has 0 atom stereocenters. The van der Waals surface area contributed by atoms with Crippen LogP contribution in [-0.2, 0) is 5.24 Å². The smallest absolute Gasteiger partial charge is 0.261 e. The molecule has 1 saturated heterocycles. The third-order valence-electron chi connectivity index (χ3n) is 6.34. The molecule has 12 heteroatoms. The summed E-state index contributed by atoms with van der Waals surface area (Å²) >= 11 is 0. The van der Waals surface area contributed by atoms with Crippen molar-refractivity contribution < 1.29 is 4.79 Å². The number of rotatable bonds is 5. The summed E-state index contributed by atoms with van der Waals surface area (Å²) in [6, 6.07) is 6.34. The number of anilines is 1. The zero-order valence-electron chi connectivity index (χ0n) is 20.1. The minimum Gasteiger partial charge on any atom is -0.306 e. The number of nitrogens with zero attached hydrogens (tertiary/aromatic N) is 7. The van der Waals surface area contributed by atoms with Gasteiger partial charge >= 0.3 is 0 Å². The zero-order valence-corrected chi connectivity index (χ0v) is 20.1. The Morgan fingerprint density at radius 2 is 1.85 bits per heavy atom. The quantitative estimate of drug-likeness (QED) is 0.418. The fourth-order valence-electron chi connectivity index (χ4n) is 4.19. The second-order valence-electron chi connectivity index (χ2n) is 10.0. The molecule has 0 unspecified atom stereocenters. The minimum atomic E-state index is -0.263. The lowest BCUT2D eigenvalue weighted by Crippen LogP contribution is -2.35. The highest BCUT2D eigenvalue weighted by molar-refractivity contribution is 6.56. The van der Waals surface area contributed by atoms with Crippen LogP contribution in [0.25, 0.3) is 22.0 Å². The van der Waals surface area contributed by atoms with Gasteiger partial charge in [-0.3, -0.25) is 19.5 Å². The van der Waals surface area contributed by atoms with Gasteiger partial charge in [0.2, 0.25) is 5.95 Å². The standard InChI is InChI=1S/C22H27B3N8O/c1-31-6-4-18(5-7-31)32-12-17(11-27-32)20(34)30-21-26-9-15-3-2-14(8-19(15)29-21)16-10-28-33(13-16)22(23,24)25/h2-3,8-13,18H,4-7,23-25H2,1H3,(H,26,29,30,34). The van der Waals surface area contributed by atoms with Crippen molar-refractivity contribution in [3.8, 4) is 11.1 Å². The summed E-state index contributed by atoms with van der Waals surface area (Å²) in [6.07, 6.45) is 11.1. The van der Waals surface area contributed by atoms with Gasteiger partial charge in [-0.15, -0.1) is 0 Å². The van der Waals surface area contributed by atoms with Crippen molar-refractivity contribution in [3.05, 3.63) is 54.7 Å². The number of nitrogens with one attached hydrogen (secondary N) is 1. The summed E-state index contributed by atoms with van der Waals surface area (Å²) in [5, 5.41) is 12.6. The number of carbonyl (C=O) groups excluding carboxylic acids is 1. The monoisotopic (exact) mass is 452 g/mol. The van der Waals surface area contributed by atoms with Crippen LogP contribution in [0.4, 0.5) is 5.95 Å². The number of hydrogen-bond acceptors (Lipinski definition) is 6. The predicted molar refractivity (Wildman–Crippen MR) is 140 cm³/mol. The van der Waals surface area contributed by atoms with Crippen molar-refractivity contribution in [2.45, 2.75) is 24.1 Å². The lowest BCUT2D eigenvalue weighted by Gasteiger charge is -2.28. The molecule has 1 fully saturated rings. The Balaban J connectivity index is 1.33. The van der Waals surface area contributed by atoms with E-state index in [1.54, 1.807) is 12.4 Å². The number of piperidine rings is 1. The highest BCUT2D eigenvalue weighted by Crippen LogP contribution is 2.25. The van der Waals surface area contributed by atoms with Crippen molar-refractivity contribution in [3.63, 3.8) is 0 Å². The van der Waals surface area contributed by atoms with Gasteiger partial charge in [0.1, 0.15) is 23.5 Å². The molecule has 34 heavy (non-hydrogen) atoms. The fraction of sp³-hybridized carbons (Fsp3) is 0.318. The number of likely N-dealkylation sites (tertiary alicyclic amines) is 1. The van der Waals surface area contributed by atoms with Crippen LogP contribution in [0.15, 0.2) is 49.2 Å². The van der Waals surface area contributed by atoms with Crippen molar-refractivity contribution in [1.82, 2.24) is 34.4 Å². The normalized spacial score (nSPS) is 15.6. The average molecular weight is 452 g/mol. The van der Waals surface area contributed by atoms with Gasteiger partial charge in [0, 0.05) is 29.5 Å². The van der Waals surface area contributed by atoms with Crippen molar-refractivity contribution in [2.24, 2.45) is 0 Å². The van der Waals surface area contributed by atoms with Gasteiger partial charge in [0.25, 0.3) is 5.91 Å². The number of benzene rings is 1. The molecular formula is C22H27B3N8O. The van der Waals surface area contributed by atoms with Crippen LogP contribution in [0.2, 0.25) is 0 Å². The average Bonchev–Trinajstić information content (AvgIpc) is 3.49. The Labute approximate surface area is 201 Å². The number of carbonyl (C=O) groups is 1. The Kier molecular flexibility index (Phi) is 5.77. The summed E-state index contributed by atoms with van der Waals surface area (Å²) < 4.78 is 3.86. The molecule has 3 aromatic heterocycles. The van der Waals surface area contributed by atoms with Crippen LogP contribution < -0.4 is 5.32 Å². The second kappa shape index (κ2) is 8.75. The van der Waals surface area contributed by atoms with Crippen molar-refractivity contribution >= 4 is 46.3 Å². The Morgan fingerprint density at radius 1 is 1.06 bits per heavy atom. The first-order valence-corrected chi connectivity index (χ1v) is 11.6. The number of hydrogen-bond donors (Lipinski definition) is 1. The molecule has 0 spiro atoms. The van der Waals surface area contributed by atoms with Crippen LogP contribution in [0.1, 0.15) is 29.2 Å². The molecule has 5 rings (SSSR count). The molecule has 0 bridgehead atoms. The predicted octanol–water partition coefficient (Wildman–Crippen LogP) is -0.324. The van der Waals surface area contributed by atoms with Gasteiger partial charge < -0.3 is 4.90 Å². The van der Waals surface area contributed by atoms with E-state index in [4.69, 9.17) is 0 Å². The van der Waals surface area contributed by atoms with E-state index in [9.17, 15) is 4.79 Å². The van der Waals surface area contributed by atoms with E-state index in [1.165, 1.54) is 0 Å². The van der Waals surface area contributed by atoms with Crippen molar-refractivity contribution in [1.29, 1.82) is 0 Å². The SMILES string of the molecule is BC(B)(B)n1cc(-c2ccc3cnc(NC(=O)c4cnn(C5CCN(C)CC5)c4)nc3c2)cn1. The highest BCUT2D eigenvalue weighted by Gasteiger charge is 2.20. The highest BCUT2D eigenvalue weighted by atomic mass is 16.1. The molecule has 4 heterocycles. The van der Waals surface area contributed by atoms with Gasteiger partial charge in [-0.25, -0.2) is 9.97 Å². The van der Waals surface area contributed by atoms with Gasteiger partial charge in [-0.05, 0) is 49.8 Å². The van der Waals surface area contributed by atoms with E-state index in [0.717, 1.165) is 48.0 Å². The zero-order chi connectivity index (χ0) is 23.9. The van der Waals surface area contributed by atoms with E-state index >= 15 is 0 Å². The molecule has 1 amide bonds. The summed E-state index contributed by atoms with van der Waals surface area (Å²) in [7, 11) is 8.47. The minimum absolute atomic E-state index is 0.0874. The molecule has 0 saturated carbocycles. The molecule has 0 aliphatic carbocycles. The lowest BCUT2D eigenvalue weighted by molar-refractivity contribution is 0.102.